The molecule has 1 unspecified atom stereocenters. The molecule has 0 amide bonds. The average molecular weight is 265 g/mol. The van der Waals surface area contributed by atoms with Crippen LogP contribution >= 0.6 is 0 Å². The highest BCUT2D eigenvalue weighted by atomic mass is 15.3. The average Bonchev–Trinajstić information content (AvgIpc) is 2.47. The van der Waals surface area contributed by atoms with E-state index < -0.39 is 0 Å². The van der Waals surface area contributed by atoms with Gasteiger partial charge in [-0.1, -0.05) is 19.3 Å². The minimum Gasteiger partial charge on any atom is -0.370 e. The summed E-state index contributed by atoms with van der Waals surface area (Å²) in [7, 11) is 0. The number of fused-ring (bicyclic) bond motifs is 3. The van der Waals surface area contributed by atoms with Crippen LogP contribution in [0.1, 0.15) is 32.1 Å². The number of piperazine rings is 3. The van der Waals surface area contributed by atoms with Crippen LogP contribution in [0.25, 0.3) is 0 Å². The Kier molecular flexibility index (Phi) is 4.23. The van der Waals surface area contributed by atoms with Crippen molar-refractivity contribution < 1.29 is 0 Å². The number of nitrogens with two attached hydrogens (primary N) is 1. The van der Waals surface area contributed by atoms with Gasteiger partial charge in [0, 0.05) is 44.8 Å². The standard InChI is InChI=1S/C14H27N5/c15-14(17-12-4-2-1-3-5-12)16-10-13-11-18-6-8-19(13)9-7-18/h12-13H,1-11H2,(H3,15,16,17). The number of nitrogens with one attached hydrogen (secondary N) is 1. The molecule has 2 bridgehead atoms. The van der Waals surface area contributed by atoms with Gasteiger partial charge in [-0.15, -0.1) is 0 Å². The van der Waals surface area contributed by atoms with Gasteiger partial charge in [-0.25, -0.2) is 0 Å². The van der Waals surface area contributed by atoms with Crippen molar-refractivity contribution in [2.75, 3.05) is 39.3 Å². The largest absolute Gasteiger partial charge is 0.370 e. The molecule has 4 rings (SSSR count). The molecule has 108 valence electrons. The Hall–Kier alpha value is -0.810. The van der Waals surface area contributed by atoms with Crippen LogP contribution in [0, 0.1) is 0 Å². The second-order valence-corrected chi connectivity index (χ2v) is 6.20. The van der Waals surface area contributed by atoms with Crippen LogP contribution < -0.4 is 11.1 Å². The van der Waals surface area contributed by atoms with Gasteiger partial charge in [0.1, 0.15) is 0 Å². The minimum atomic E-state index is 0.560. The molecular formula is C14H27N5. The molecule has 0 spiro atoms. The van der Waals surface area contributed by atoms with Gasteiger partial charge >= 0.3 is 0 Å². The van der Waals surface area contributed by atoms with Crippen molar-refractivity contribution >= 4 is 5.96 Å². The second-order valence-electron chi connectivity index (χ2n) is 6.20. The molecule has 0 aromatic rings. The van der Waals surface area contributed by atoms with Crippen LogP contribution in [0.4, 0.5) is 0 Å². The summed E-state index contributed by atoms with van der Waals surface area (Å²) in [6.07, 6.45) is 6.54. The molecule has 3 saturated heterocycles. The molecule has 19 heavy (non-hydrogen) atoms. The molecule has 4 aliphatic rings. The van der Waals surface area contributed by atoms with Gasteiger partial charge < -0.3 is 11.1 Å². The molecule has 0 aromatic heterocycles. The smallest absolute Gasteiger partial charge is 0.188 e. The van der Waals surface area contributed by atoms with E-state index in [0.717, 1.165) is 6.54 Å². The Morgan fingerprint density at radius 1 is 1.11 bits per heavy atom. The molecule has 0 aromatic carbocycles. The van der Waals surface area contributed by atoms with Crippen LogP contribution in [-0.4, -0.2) is 67.1 Å². The first-order valence-electron chi connectivity index (χ1n) is 7.84. The lowest BCUT2D eigenvalue weighted by atomic mass is 9.96. The molecule has 3 heterocycles. The zero-order chi connectivity index (χ0) is 13.1. The van der Waals surface area contributed by atoms with Crippen molar-refractivity contribution in [2.24, 2.45) is 10.7 Å². The fourth-order valence-electron chi connectivity index (χ4n) is 3.60. The summed E-state index contributed by atoms with van der Waals surface area (Å²) < 4.78 is 0. The predicted molar refractivity (Wildman–Crippen MR) is 78.3 cm³/mol. The predicted octanol–water partition coefficient (Wildman–Crippen LogP) is 0.223. The molecule has 0 radical (unpaired) electrons. The maximum Gasteiger partial charge on any atom is 0.188 e. The number of aliphatic imine (C=N–C) groups is 1. The lowest BCUT2D eigenvalue weighted by molar-refractivity contribution is 0.0174. The Labute approximate surface area is 116 Å². The third-order valence-corrected chi connectivity index (χ3v) is 4.82. The lowest BCUT2D eigenvalue weighted by Gasteiger charge is -2.47. The van der Waals surface area contributed by atoms with Gasteiger partial charge in [-0.2, -0.15) is 0 Å². The summed E-state index contributed by atoms with van der Waals surface area (Å²) in [5.74, 6) is 0.657. The fourth-order valence-corrected chi connectivity index (χ4v) is 3.60. The van der Waals surface area contributed by atoms with Crippen molar-refractivity contribution in [2.45, 2.75) is 44.2 Å². The first-order valence-corrected chi connectivity index (χ1v) is 7.84. The lowest BCUT2D eigenvalue weighted by Crippen LogP contribution is -2.62. The van der Waals surface area contributed by atoms with Gasteiger partial charge in [0.2, 0.25) is 0 Å². The van der Waals surface area contributed by atoms with Crippen molar-refractivity contribution in [1.29, 1.82) is 0 Å². The molecule has 1 aliphatic carbocycles. The molecule has 5 heteroatoms. The molecule has 1 saturated carbocycles. The summed E-state index contributed by atoms with van der Waals surface area (Å²) in [6.45, 7) is 6.89. The van der Waals surface area contributed by atoms with Gasteiger partial charge in [0.25, 0.3) is 0 Å². The quantitative estimate of drug-likeness (QED) is 0.566. The van der Waals surface area contributed by atoms with E-state index in [2.05, 4.69) is 20.1 Å². The van der Waals surface area contributed by atoms with E-state index >= 15 is 0 Å². The Balaban J connectivity index is 1.45. The molecular weight excluding hydrogens is 238 g/mol. The highest BCUT2D eigenvalue weighted by molar-refractivity contribution is 5.78. The molecule has 4 fully saturated rings. The first kappa shape index (κ1) is 13.2. The van der Waals surface area contributed by atoms with E-state index in [1.165, 1.54) is 64.8 Å². The maximum atomic E-state index is 6.03. The summed E-state index contributed by atoms with van der Waals surface area (Å²) in [4.78, 5) is 9.69. The SMILES string of the molecule is NC(=NCC1CN2CCN1CC2)NC1CCCCC1. The number of guanidine groups is 1. The summed E-state index contributed by atoms with van der Waals surface area (Å²) in [5, 5.41) is 3.40. The third kappa shape index (κ3) is 3.39. The first-order chi connectivity index (χ1) is 9.31. The van der Waals surface area contributed by atoms with Crippen LogP contribution in [0.5, 0.6) is 0 Å². The molecule has 1 atom stereocenters. The zero-order valence-electron chi connectivity index (χ0n) is 11.9. The van der Waals surface area contributed by atoms with E-state index in [4.69, 9.17) is 5.73 Å². The maximum absolute atomic E-state index is 6.03. The fraction of sp³-hybridized carbons (Fsp3) is 0.929. The monoisotopic (exact) mass is 265 g/mol. The Morgan fingerprint density at radius 2 is 1.84 bits per heavy atom. The molecule has 3 aliphatic heterocycles. The van der Waals surface area contributed by atoms with Crippen molar-refractivity contribution in [1.82, 2.24) is 15.1 Å². The Morgan fingerprint density at radius 3 is 2.47 bits per heavy atom. The second kappa shape index (κ2) is 6.09. The van der Waals surface area contributed by atoms with Gasteiger partial charge in [0.05, 0.1) is 6.54 Å². The molecule has 5 nitrogen and oxygen atoms in total. The Bertz CT molecular complexity index is 316. The van der Waals surface area contributed by atoms with Crippen LogP contribution in [-0.2, 0) is 0 Å². The summed E-state index contributed by atoms with van der Waals surface area (Å²) in [6, 6.07) is 1.14. The number of rotatable bonds is 3. The van der Waals surface area contributed by atoms with E-state index in [1.54, 1.807) is 0 Å². The van der Waals surface area contributed by atoms with E-state index in [9.17, 15) is 0 Å². The van der Waals surface area contributed by atoms with Crippen molar-refractivity contribution in [3.63, 3.8) is 0 Å². The van der Waals surface area contributed by atoms with Crippen LogP contribution in [0.15, 0.2) is 4.99 Å². The number of hydrogen-bond acceptors (Lipinski definition) is 3. The van der Waals surface area contributed by atoms with Crippen molar-refractivity contribution in [3.05, 3.63) is 0 Å². The van der Waals surface area contributed by atoms with Gasteiger partial charge in [-0.3, -0.25) is 14.8 Å². The minimum absolute atomic E-state index is 0.560. The van der Waals surface area contributed by atoms with E-state index in [1.807, 2.05) is 0 Å². The number of hydrogen-bond donors (Lipinski definition) is 2. The topological polar surface area (TPSA) is 56.9 Å². The van der Waals surface area contributed by atoms with Gasteiger partial charge in [-0.05, 0) is 12.8 Å². The highest BCUT2D eigenvalue weighted by Gasteiger charge is 2.31. The number of nitrogens with zero attached hydrogens (tertiary/aromatic N) is 3. The van der Waals surface area contributed by atoms with E-state index in [0.29, 0.717) is 18.0 Å². The van der Waals surface area contributed by atoms with Crippen LogP contribution in [0.3, 0.4) is 0 Å². The van der Waals surface area contributed by atoms with E-state index in [-0.39, 0.29) is 0 Å². The third-order valence-electron chi connectivity index (χ3n) is 4.82. The molecule has 3 N–H and O–H groups in total. The highest BCUT2D eigenvalue weighted by Crippen LogP contribution is 2.17. The summed E-state index contributed by atoms with van der Waals surface area (Å²) in [5.41, 5.74) is 6.03. The zero-order valence-corrected chi connectivity index (χ0v) is 11.9. The van der Waals surface area contributed by atoms with Gasteiger partial charge in [0.15, 0.2) is 5.96 Å². The van der Waals surface area contributed by atoms with Crippen LogP contribution in [0.2, 0.25) is 0 Å². The normalized spacial score (nSPS) is 36.4. The van der Waals surface area contributed by atoms with Crippen molar-refractivity contribution in [3.8, 4) is 0 Å². The summed E-state index contributed by atoms with van der Waals surface area (Å²) >= 11 is 0.